The molecule has 266 valence electrons. The number of hydrogen-bond acceptors (Lipinski definition) is 8. The third-order valence-corrected chi connectivity index (χ3v) is 18.5. The number of alkyl halides is 1. The number of methoxy groups -OCH3 is 2. The number of hydrogen-bond donors (Lipinski definition) is 1. The second-order valence-corrected chi connectivity index (χ2v) is 25.0. The van der Waals surface area contributed by atoms with Gasteiger partial charge >= 0.3 is 0 Å². The molecule has 47 heavy (non-hydrogen) atoms. The van der Waals surface area contributed by atoms with Gasteiger partial charge in [-0.3, -0.25) is 9.59 Å². The van der Waals surface area contributed by atoms with E-state index in [0.29, 0.717) is 60.7 Å². The summed E-state index contributed by atoms with van der Waals surface area (Å²) >= 11 is 3.36. The summed E-state index contributed by atoms with van der Waals surface area (Å²) in [6.45, 7) is 24.2. The van der Waals surface area contributed by atoms with Crippen LogP contribution in [0.15, 0.2) is 24.3 Å². The van der Waals surface area contributed by atoms with Crippen molar-refractivity contribution in [1.29, 1.82) is 0 Å². The fourth-order valence-corrected chi connectivity index (χ4v) is 6.43. The van der Waals surface area contributed by atoms with Crippen LogP contribution in [0, 0.1) is 0 Å². The van der Waals surface area contributed by atoms with Crippen molar-refractivity contribution in [2.75, 3.05) is 39.4 Å². The molecular formula is C36H59BrO8Si2. The molecule has 0 spiro atoms. The molecule has 0 heterocycles. The number of carbonyl (C=O) groups is 2. The lowest BCUT2D eigenvalue weighted by atomic mass is 10.0. The van der Waals surface area contributed by atoms with E-state index >= 15 is 0 Å². The fraction of sp³-hybridized carbons (Fsp3) is 0.611. The summed E-state index contributed by atoms with van der Waals surface area (Å²) < 4.78 is 28.6. The van der Waals surface area contributed by atoms with E-state index in [2.05, 4.69) is 83.7 Å². The second-order valence-electron chi connectivity index (χ2n) is 14.6. The minimum atomic E-state index is -1.74. The molecule has 1 N–H and O–H groups in total. The highest BCUT2D eigenvalue weighted by Crippen LogP contribution is 2.38. The molecule has 0 radical (unpaired) electrons. The topological polar surface area (TPSA) is 101 Å². The van der Waals surface area contributed by atoms with Gasteiger partial charge in [-0.2, -0.15) is 0 Å². The number of aromatic hydroxyl groups is 1. The molecule has 0 aromatic heterocycles. The standard InChI is InChI=1S/C19H31BrO4Si.C17H28O4Si/c1-19(2,3)25(5,6)24-10-7-8-15-12-17(22-4)13-16(14-21)18(15)23-11-9-20;1-17(2,3)22(5,6)21-9-7-8-13-10-15(20-4)11-14(12-18)16(13)19/h12-14H,7-11H2,1-6H3;10-12,19H,7-9H2,1-6H3. The molecule has 2 aromatic carbocycles. The van der Waals surface area contributed by atoms with Crippen LogP contribution in [0.2, 0.25) is 36.3 Å². The summed E-state index contributed by atoms with van der Waals surface area (Å²) in [6, 6.07) is 6.97. The molecule has 0 saturated heterocycles. The molecule has 0 aliphatic heterocycles. The lowest BCUT2D eigenvalue weighted by Crippen LogP contribution is -2.41. The third-order valence-electron chi connectivity index (χ3n) is 9.13. The summed E-state index contributed by atoms with van der Waals surface area (Å²) in [5.41, 5.74) is 2.50. The molecule has 0 amide bonds. The summed E-state index contributed by atoms with van der Waals surface area (Å²) in [5, 5.41) is 11.2. The Hall–Kier alpha value is -2.19. The van der Waals surface area contributed by atoms with Gasteiger partial charge in [0.2, 0.25) is 0 Å². The highest BCUT2D eigenvalue weighted by molar-refractivity contribution is 9.09. The van der Waals surface area contributed by atoms with Crippen LogP contribution in [0.5, 0.6) is 23.0 Å². The maximum Gasteiger partial charge on any atom is 0.191 e. The van der Waals surface area contributed by atoms with Crippen LogP contribution < -0.4 is 14.2 Å². The van der Waals surface area contributed by atoms with E-state index in [1.54, 1.807) is 26.4 Å². The second kappa shape index (κ2) is 19.1. The van der Waals surface area contributed by atoms with Crippen LogP contribution in [0.4, 0.5) is 0 Å². The molecule has 0 fully saturated rings. The summed E-state index contributed by atoms with van der Waals surface area (Å²) in [6.07, 6.45) is 4.58. The number of rotatable bonds is 17. The Morgan fingerprint density at radius 2 is 1.13 bits per heavy atom. The lowest BCUT2D eigenvalue weighted by molar-refractivity contribution is 0.111. The fourth-order valence-electron chi connectivity index (χ4n) is 4.09. The van der Waals surface area contributed by atoms with E-state index in [4.69, 9.17) is 23.1 Å². The quantitative estimate of drug-likeness (QED) is 0.0738. The molecule has 11 heteroatoms. The average molecular weight is 756 g/mol. The number of aldehydes is 2. The van der Waals surface area contributed by atoms with E-state index in [1.807, 2.05) is 6.07 Å². The first kappa shape index (κ1) is 42.8. The van der Waals surface area contributed by atoms with Crippen LogP contribution in [0.3, 0.4) is 0 Å². The molecule has 0 unspecified atom stereocenters. The van der Waals surface area contributed by atoms with Crippen molar-refractivity contribution >= 4 is 45.1 Å². The first-order valence-electron chi connectivity index (χ1n) is 16.3. The molecule has 2 rings (SSSR count). The highest BCUT2D eigenvalue weighted by Gasteiger charge is 2.37. The van der Waals surface area contributed by atoms with E-state index < -0.39 is 16.6 Å². The first-order chi connectivity index (χ1) is 21.8. The smallest absolute Gasteiger partial charge is 0.191 e. The minimum absolute atomic E-state index is 0.0446. The maximum atomic E-state index is 11.4. The van der Waals surface area contributed by atoms with Crippen molar-refractivity contribution in [3.63, 3.8) is 0 Å². The molecule has 0 aliphatic carbocycles. The number of phenols is 1. The maximum absolute atomic E-state index is 11.4. The van der Waals surface area contributed by atoms with Crippen LogP contribution in [-0.2, 0) is 21.7 Å². The average Bonchev–Trinajstić information content (AvgIpc) is 3.00. The van der Waals surface area contributed by atoms with E-state index in [0.717, 1.165) is 36.7 Å². The number of halogens is 1. The van der Waals surface area contributed by atoms with Crippen molar-refractivity contribution in [2.45, 2.75) is 103 Å². The van der Waals surface area contributed by atoms with Crippen LogP contribution in [0.25, 0.3) is 0 Å². The molecule has 0 saturated carbocycles. The Bertz CT molecular complexity index is 1280. The van der Waals surface area contributed by atoms with Crippen molar-refractivity contribution in [2.24, 2.45) is 0 Å². The predicted molar refractivity (Wildman–Crippen MR) is 201 cm³/mol. The molecule has 0 bridgehead atoms. The molecular weight excluding hydrogens is 696 g/mol. The molecule has 0 atom stereocenters. The Morgan fingerprint density at radius 3 is 1.53 bits per heavy atom. The zero-order valence-corrected chi connectivity index (χ0v) is 34.4. The van der Waals surface area contributed by atoms with Gasteiger partial charge in [-0.25, -0.2) is 0 Å². The van der Waals surface area contributed by atoms with Gasteiger partial charge < -0.3 is 28.2 Å². The van der Waals surface area contributed by atoms with Gasteiger partial charge in [0, 0.05) is 18.5 Å². The van der Waals surface area contributed by atoms with Crippen molar-refractivity contribution in [3.05, 3.63) is 46.5 Å². The van der Waals surface area contributed by atoms with Crippen molar-refractivity contribution < 1.29 is 37.8 Å². The Labute approximate surface area is 294 Å². The van der Waals surface area contributed by atoms with Gasteiger partial charge in [-0.15, -0.1) is 0 Å². The van der Waals surface area contributed by atoms with Crippen molar-refractivity contribution in [3.8, 4) is 23.0 Å². The SMILES string of the molecule is COc1cc(C=O)c(O)c(CCCO[Si](C)(C)C(C)(C)C)c1.COc1cc(C=O)c(OCCBr)c(CCCO[Si](C)(C)C(C)(C)C)c1. The van der Waals surface area contributed by atoms with Crippen LogP contribution in [0.1, 0.15) is 86.2 Å². The Kier molecular flexibility index (Phi) is 17.4. The van der Waals surface area contributed by atoms with Gasteiger partial charge in [0.25, 0.3) is 0 Å². The van der Waals surface area contributed by atoms with Crippen molar-refractivity contribution in [1.82, 2.24) is 0 Å². The minimum Gasteiger partial charge on any atom is -0.507 e. The number of ether oxygens (including phenoxy) is 3. The largest absolute Gasteiger partial charge is 0.507 e. The third kappa shape index (κ3) is 13.3. The van der Waals surface area contributed by atoms with Crippen LogP contribution in [-0.4, -0.2) is 73.7 Å². The number of benzene rings is 2. The Balaban J connectivity index is 0.000000474. The van der Waals surface area contributed by atoms with E-state index in [9.17, 15) is 14.7 Å². The highest BCUT2D eigenvalue weighted by atomic mass is 79.9. The van der Waals surface area contributed by atoms with Gasteiger partial charge in [-0.05, 0) is 97.3 Å². The summed E-state index contributed by atoms with van der Waals surface area (Å²) in [7, 11) is -0.316. The molecule has 2 aromatic rings. The van der Waals surface area contributed by atoms with Gasteiger partial charge in [0.1, 0.15) is 23.0 Å². The van der Waals surface area contributed by atoms with Crippen LogP contribution >= 0.6 is 15.9 Å². The van der Waals surface area contributed by atoms with E-state index in [1.165, 1.54) is 6.07 Å². The number of aryl methyl sites for hydroxylation is 2. The molecule has 0 aliphatic rings. The normalized spacial score (nSPS) is 12.2. The van der Waals surface area contributed by atoms with Gasteiger partial charge in [0.15, 0.2) is 29.2 Å². The first-order valence-corrected chi connectivity index (χ1v) is 23.2. The number of carbonyl (C=O) groups excluding carboxylic acids is 2. The summed E-state index contributed by atoms with van der Waals surface area (Å²) in [4.78, 5) is 22.4. The monoisotopic (exact) mass is 754 g/mol. The van der Waals surface area contributed by atoms with Gasteiger partial charge in [-0.1, -0.05) is 57.5 Å². The van der Waals surface area contributed by atoms with E-state index in [-0.39, 0.29) is 21.4 Å². The lowest BCUT2D eigenvalue weighted by Gasteiger charge is -2.36. The van der Waals surface area contributed by atoms with Gasteiger partial charge in [0.05, 0.1) is 32.0 Å². The molecule has 8 nitrogen and oxygen atoms in total. The predicted octanol–water partition coefficient (Wildman–Crippen LogP) is 9.40. The summed E-state index contributed by atoms with van der Waals surface area (Å²) in [5.74, 6) is 1.96. The zero-order valence-electron chi connectivity index (χ0n) is 30.8. The Morgan fingerprint density at radius 1 is 0.702 bits per heavy atom. The number of phenolic OH excluding ortho intramolecular Hbond substituents is 1. The zero-order chi connectivity index (χ0) is 36.1.